The van der Waals surface area contributed by atoms with Gasteiger partial charge in [-0.05, 0) is 22.9 Å². The van der Waals surface area contributed by atoms with Crippen molar-refractivity contribution in [2.24, 2.45) is 0 Å². The molecule has 5 nitrogen and oxygen atoms in total. The van der Waals surface area contributed by atoms with Crippen LogP contribution in [0.25, 0.3) is 0 Å². The summed E-state index contributed by atoms with van der Waals surface area (Å²) in [6, 6.07) is 8.20. The van der Waals surface area contributed by atoms with Gasteiger partial charge in [0.2, 0.25) is 5.89 Å². The second-order valence-electron chi connectivity index (χ2n) is 6.51. The van der Waals surface area contributed by atoms with Crippen LogP contribution >= 0.6 is 15.9 Å². The normalized spacial score (nSPS) is 19.5. The van der Waals surface area contributed by atoms with Gasteiger partial charge in [-0.3, -0.25) is 0 Å². The predicted octanol–water partition coefficient (Wildman–Crippen LogP) is 3.71. The maximum absolute atomic E-state index is 5.90. The van der Waals surface area contributed by atoms with Gasteiger partial charge in [0.1, 0.15) is 6.10 Å². The summed E-state index contributed by atoms with van der Waals surface area (Å²) in [5.41, 5.74) is 1.01. The summed E-state index contributed by atoms with van der Waals surface area (Å²) < 4.78 is 12.3. The quantitative estimate of drug-likeness (QED) is 0.811. The average Bonchev–Trinajstić information content (AvgIpc) is 2.97. The fourth-order valence-corrected chi connectivity index (χ4v) is 2.81. The number of morpholine rings is 1. The molecular weight excluding hydrogens is 346 g/mol. The van der Waals surface area contributed by atoms with Crippen molar-refractivity contribution in [1.29, 1.82) is 0 Å². The van der Waals surface area contributed by atoms with Gasteiger partial charge >= 0.3 is 0 Å². The Balaban J connectivity index is 1.77. The first-order valence-corrected chi connectivity index (χ1v) is 8.19. The van der Waals surface area contributed by atoms with E-state index in [4.69, 9.17) is 9.26 Å². The molecule has 22 heavy (non-hydrogen) atoms. The Morgan fingerprint density at radius 1 is 1.32 bits per heavy atom. The SMILES string of the molecule is CC(C)(C)c1nc(N2CCOC(c3cccc(Br)c3)C2)no1. The van der Waals surface area contributed by atoms with Crippen LogP contribution in [0.1, 0.15) is 38.3 Å². The van der Waals surface area contributed by atoms with E-state index >= 15 is 0 Å². The van der Waals surface area contributed by atoms with E-state index < -0.39 is 0 Å². The van der Waals surface area contributed by atoms with Gasteiger partial charge in [0.05, 0.1) is 13.2 Å². The summed E-state index contributed by atoms with van der Waals surface area (Å²) in [4.78, 5) is 6.65. The number of aromatic nitrogens is 2. The molecule has 1 fully saturated rings. The summed E-state index contributed by atoms with van der Waals surface area (Å²) in [6.07, 6.45) is 0.0165. The molecule has 2 heterocycles. The molecule has 1 aliphatic rings. The van der Waals surface area contributed by atoms with Gasteiger partial charge < -0.3 is 14.2 Å². The summed E-state index contributed by atoms with van der Waals surface area (Å²) in [7, 11) is 0. The van der Waals surface area contributed by atoms with Gasteiger partial charge in [-0.2, -0.15) is 4.98 Å². The highest BCUT2D eigenvalue weighted by atomic mass is 79.9. The first kappa shape index (κ1) is 15.5. The highest BCUT2D eigenvalue weighted by molar-refractivity contribution is 9.10. The van der Waals surface area contributed by atoms with Crippen LogP contribution in [-0.4, -0.2) is 29.8 Å². The molecule has 0 aliphatic carbocycles. The van der Waals surface area contributed by atoms with Gasteiger partial charge in [0.25, 0.3) is 5.95 Å². The number of benzene rings is 1. The Bertz CT molecular complexity index is 651. The monoisotopic (exact) mass is 365 g/mol. The van der Waals surface area contributed by atoms with Crippen LogP contribution in [0.4, 0.5) is 5.95 Å². The Morgan fingerprint density at radius 2 is 2.14 bits per heavy atom. The van der Waals surface area contributed by atoms with E-state index in [1.54, 1.807) is 0 Å². The molecule has 118 valence electrons. The zero-order chi connectivity index (χ0) is 15.7. The van der Waals surface area contributed by atoms with E-state index in [1.165, 1.54) is 0 Å². The van der Waals surface area contributed by atoms with Crippen molar-refractivity contribution in [3.8, 4) is 0 Å². The maximum atomic E-state index is 5.90. The number of ether oxygens (including phenoxy) is 1. The van der Waals surface area contributed by atoms with Crippen LogP contribution in [-0.2, 0) is 10.2 Å². The minimum atomic E-state index is -0.138. The predicted molar refractivity (Wildman–Crippen MR) is 88.0 cm³/mol. The van der Waals surface area contributed by atoms with E-state index in [-0.39, 0.29) is 11.5 Å². The van der Waals surface area contributed by atoms with E-state index in [0.717, 1.165) is 23.1 Å². The fourth-order valence-electron chi connectivity index (χ4n) is 2.39. The number of nitrogens with zero attached hydrogens (tertiary/aromatic N) is 3. The van der Waals surface area contributed by atoms with Gasteiger partial charge in [-0.1, -0.05) is 48.8 Å². The number of hydrogen-bond donors (Lipinski definition) is 0. The zero-order valence-corrected chi connectivity index (χ0v) is 14.6. The number of anilines is 1. The van der Waals surface area contributed by atoms with Crippen molar-refractivity contribution in [3.05, 3.63) is 40.2 Å². The topological polar surface area (TPSA) is 51.4 Å². The van der Waals surface area contributed by atoms with Crippen molar-refractivity contribution in [1.82, 2.24) is 10.1 Å². The minimum absolute atomic E-state index is 0.0165. The van der Waals surface area contributed by atoms with E-state index in [0.29, 0.717) is 18.4 Å². The van der Waals surface area contributed by atoms with Crippen LogP contribution in [0.15, 0.2) is 33.3 Å². The summed E-state index contributed by atoms with van der Waals surface area (Å²) >= 11 is 3.51. The van der Waals surface area contributed by atoms with Gasteiger partial charge in [-0.15, -0.1) is 0 Å². The Kier molecular flexibility index (Phi) is 4.23. The largest absolute Gasteiger partial charge is 0.370 e. The molecule has 0 bridgehead atoms. The lowest BCUT2D eigenvalue weighted by atomic mass is 9.97. The third-order valence-corrected chi connectivity index (χ3v) is 4.12. The lowest BCUT2D eigenvalue weighted by Crippen LogP contribution is -2.39. The second kappa shape index (κ2) is 6.01. The van der Waals surface area contributed by atoms with Gasteiger partial charge in [0.15, 0.2) is 0 Å². The van der Waals surface area contributed by atoms with Crippen LogP contribution in [0.2, 0.25) is 0 Å². The van der Waals surface area contributed by atoms with E-state index in [9.17, 15) is 0 Å². The molecule has 0 saturated carbocycles. The molecule has 3 rings (SSSR count). The highest BCUT2D eigenvalue weighted by Gasteiger charge is 2.28. The van der Waals surface area contributed by atoms with Crippen LogP contribution < -0.4 is 4.90 Å². The standard InChI is InChI=1S/C16H20BrN3O2/c1-16(2,3)14-18-15(19-22-14)20-7-8-21-13(10-20)11-5-4-6-12(17)9-11/h4-6,9,13H,7-8,10H2,1-3H3. The molecule has 0 spiro atoms. The first-order chi connectivity index (χ1) is 10.4. The third-order valence-electron chi connectivity index (χ3n) is 3.63. The maximum Gasteiger partial charge on any atom is 0.266 e. The van der Waals surface area contributed by atoms with E-state index in [1.807, 2.05) is 12.1 Å². The molecule has 1 aromatic heterocycles. The molecule has 1 aliphatic heterocycles. The van der Waals surface area contributed by atoms with Crippen molar-refractivity contribution < 1.29 is 9.26 Å². The average molecular weight is 366 g/mol. The molecule has 0 N–H and O–H groups in total. The van der Waals surface area contributed by atoms with Crippen LogP contribution in [0, 0.1) is 0 Å². The zero-order valence-electron chi connectivity index (χ0n) is 13.0. The van der Waals surface area contributed by atoms with Crippen LogP contribution in [0.5, 0.6) is 0 Å². The third kappa shape index (κ3) is 3.33. The number of hydrogen-bond acceptors (Lipinski definition) is 5. The first-order valence-electron chi connectivity index (χ1n) is 7.40. The molecule has 0 radical (unpaired) electrons. The molecule has 1 unspecified atom stereocenters. The van der Waals surface area contributed by atoms with Crippen molar-refractivity contribution in [3.63, 3.8) is 0 Å². The highest BCUT2D eigenvalue weighted by Crippen LogP contribution is 2.28. The summed E-state index contributed by atoms with van der Waals surface area (Å²) in [5.74, 6) is 1.31. The molecule has 1 aromatic carbocycles. The molecular formula is C16H20BrN3O2. The smallest absolute Gasteiger partial charge is 0.266 e. The van der Waals surface area contributed by atoms with Crippen LogP contribution in [0.3, 0.4) is 0 Å². The van der Waals surface area contributed by atoms with Gasteiger partial charge in [-0.25, -0.2) is 0 Å². The fraction of sp³-hybridized carbons (Fsp3) is 0.500. The lowest BCUT2D eigenvalue weighted by Gasteiger charge is -2.32. The number of rotatable bonds is 2. The number of halogens is 1. The Morgan fingerprint density at radius 3 is 2.82 bits per heavy atom. The molecule has 2 aromatic rings. The van der Waals surface area contributed by atoms with Crippen molar-refractivity contribution in [2.45, 2.75) is 32.3 Å². The minimum Gasteiger partial charge on any atom is -0.370 e. The molecule has 6 heteroatoms. The lowest BCUT2D eigenvalue weighted by molar-refractivity contribution is 0.0390. The molecule has 0 amide bonds. The molecule has 1 saturated heterocycles. The second-order valence-corrected chi connectivity index (χ2v) is 7.43. The van der Waals surface area contributed by atoms with Gasteiger partial charge in [0, 0.05) is 16.4 Å². The molecule has 1 atom stereocenters. The van der Waals surface area contributed by atoms with Crippen molar-refractivity contribution in [2.75, 3.05) is 24.6 Å². The van der Waals surface area contributed by atoms with Crippen molar-refractivity contribution >= 4 is 21.9 Å². The Hall–Kier alpha value is -1.40. The summed E-state index contributed by atoms with van der Waals surface area (Å²) in [6.45, 7) is 8.33. The summed E-state index contributed by atoms with van der Waals surface area (Å²) in [5, 5.41) is 4.13. The Labute approximate surface area is 138 Å². The van der Waals surface area contributed by atoms with E-state index in [2.05, 4.69) is 63.9 Å².